The fourth-order valence-corrected chi connectivity index (χ4v) is 3.98. The van der Waals surface area contributed by atoms with Crippen LogP contribution in [0.3, 0.4) is 0 Å². The van der Waals surface area contributed by atoms with Crippen molar-refractivity contribution in [2.24, 2.45) is 5.92 Å². The first-order valence-corrected chi connectivity index (χ1v) is 8.78. The molecule has 0 radical (unpaired) electrons. The van der Waals surface area contributed by atoms with Crippen LogP contribution in [0.1, 0.15) is 29.7 Å². The molecule has 6 nitrogen and oxygen atoms in total. The number of fused-ring (bicyclic) bond motifs is 2. The second-order valence-corrected chi connectivity index (χ2v) is 6.98. The lowest BCUT2D eigenvalue weighted by molar-refractivity contribution is -0.123. The highest BCUT2D eigenvalue weighted by Crippen LogP contribution is 2.44. The standard InChI is InChI=1S/C19H15ClN4O2/c20-13-5-3-11(4-6-13)18-17-14(23-19-21-10-22-24(18)19)8-12(9-15(17)25)16-2-1-7-26-16/h1-8,10,12,17-18H,9H2,(H,21,22,23)/t12-,17+,18+/m1/s1. The number of benzene rings is 1. The summed E-state index contributed by atoms with van der Waals surface area (Å²) in [5, 5.41) is 8.28. The first-order chi connectivity index (χ1) is 12.7. The molecule has 0 fully saturated rings. The van der Waals surface area contributed by atoms with Gasteiger partial charge < -0.3 is 9.73 Å². The Balaban J connectivity index is 1.63. The highest BCUT2D eigenvalue weighted by Gasteiger charge is 2.43. The maximum atomic E-state index is 13.1. The molecule has 0 unspecified atom stereocenters. The number of nitrogens with one attached hydrogen (secondary N) is 1. The molecule has 130 valence electrons. The zero-order valence-electron chi connectivity index (χ0n) is 13.7. The summed E-state index contributed by atoms with van der Waals surface area (Å²) in [6.45, 7) is 0. The SMILES string of the molecule is O=C1C[C@H](c2ccco2)C=C2Nc3ncnn3[C@@H](c3ccc(Cl)cc3)[C@H]12. The number of allylic oxidation sites excluding steroid dienone is 2. The number of carbonyl (C=O) groups is 1. The van der Waals surface area contributed by atoms with Crippen molar-refractivity contribution in [1.82, 2.24) is 14.8 Å². The molecule has 0 spiro atoms. The van der Waals surface area contributed by atoms with Crippen molar-refractivity contribution in [3.63, 3.8) is 0 Å². The summed E-state index contributed by atoms with van der Waals surface area (Å²) >= 11 is 6.04. The molecule has 0 saturated heterocycles. The monoisotopic (exact) mass is 366 g/mol. The Hall–Kier alpha value is -2.86. The minimum Gasteiger partial charge on any atom is -0.469 e. The number of hydrogen-bond acceptors (Lipinski definition) is 5. The first kappa shape index (κ1) is 15.4. The number of carbonyl (C=O) groups excluding carboxylic acids is 1. The maximum Gasteiger partial charge on any atom is 0.226 e. The summed E-state index contributed by atoms with van der Waals surface area (Å²) in [4.78, 5) is 17.4. The predicted molar refractivity (Wildman–Crippen MR) is 95.9 cm³/mol. The van der Waals surface area contributed by atoms with Crippen molar-refractivity contribution < 1.29 is 9.21 Å². The number of halogens is 1. The molecule has 0 bridgehead atoms. The summed E-state index contributed by atoms with van der Waals surface area (Å²) in [6.07, 6.45) is 5.60. The summed E-state index contributed by atoms with van der Waals surface area (Å²) in [7, 11) is 0. The van der Waals surface area contributed by atoms with E-state index in [9.17, 15) is 4.79 Å². The molecule has 1 aliphatic carbocycles. The molecule has 3 heterocycles. The molecular weight excluding hydrogens is 352 g/mol. The number of rotatable bonds is 2. The molecule has 26 heavy (non-hydrogen) atoms. The van der Waals surface area contributed by atoms with E-state index in [1.807, 2.05) is 36.4 Å². The van der Waals surface area contributed by atoms with Crippen molar-refractivity contribution in [2.45, 2.75) is 18.4 Å². The zero-order valence-corrected chi connectivity index (χ0v) is 14.4. The number of aromatic nitrogens is 3. The Morgan fingerprint density at radius 3 is 2.85 bits per heavy atom. The lowest BCUT2D eigenvalue weighted by Gasteiger charge is -2.37. The lowest BCUT2D eigenvalue weighted by Crippen LogP contribution is -2.40. The van der Waals surface area contributed by atoms with Crippen LogP contribution in [-0.2, 0) is 4.79 Å². The third-order valence-electron chi connectivity index (χ3n) is 5.01. The van der Waals surface area contributed by atoms with Gasteiger partial charge in [0.05, 0.1) is 18.2 Å². The molecule has 0 amide bonds. The minimum absolute atomic E-state index is 0.0726. The first-order valence-electron chi connectivity index (χ1n) is 8.40. The molecule has 0 saturated carbocycles. The Morgan fingerprint density at radius 1 is 1.23 bits per heavy atom. The van der Waals surface area contributed by atoms with Gasteiger partial charge >= 0.3 is 0 Å². The van der Waals surface area contributed by atoms with Gasteiger partial charge in [0.15, 0.2) is 0 Å². The molecule has 7 heteroatoms. The number of ketones is 1. The van der Waals surface area contributed by atoms with E-state index in [4.69, 9.17) is 16.0 Å². The van der Waals surface area contributed by atoms with E-state index in [1.54, 1.807) is 10.9 Å². The van der Waals surface area contributed by atoms with Gasteiger partial charge in [-0.05, 0) is 29.8 Å². The Morgan fingerprint density at radius 2 is 2.08 bits per heavy atom. The van der Waals surface area contributed by atoms with Gasteiger partial charge in [0, 0.05) is 23.1 Å². The lowest BCUT2D eigenvalue weighted by atomic mass is 9.77. The van der Waals surface area contributed by atoms with Gasteiger partial charge in [-0.25, -0.2) is 4.68 Å². The molecule has 3 aromatic rings. The Bertz CT molecular complexity index is 991. The highest BCUT2D eigenvalue weighted by atomic mass is 35.5. The Kier molecular flexibility index (Phi) is 3.46. The van der Waals surface area contributed by atoms with Gasteiger partial charge in [0.1, 0.15) is 17.9 Å². The van der Waals surface area contributed by atoms with Gasteiger partial charge in [-0.3, -0.25) is 4.79 Å². The molecule has 2 aliphatic rings. The van der Waals surface area contributed by atoms with Crippen molar-refractivity contribution in [1.29, 1.82) is 0 Å². The summed E-state index contributed by atoms with van der Waals surface area (Å²) in [6, 6.07) is 11.0. The van der Waals surface area contributed by atoms with Gasteiger partial charge in [-0.2, -0.15) is 10.1 Å². The topological polar surface area (TPSA) is 73.0 Å². The third-order valence-corrected chi connectivity index (χ3v) is 5.26. The van der Waals surface area contributed by atoms with Crippen LogP contribution in [0.4, 0.5) is 5.95 Å². The van der Waals surface area contributed by atoms with Crippen molar-refractivity contribution >= 4 is 23.3 Å². The van der Waals surface area contributed by atoms with Crippen LogP contribution in [-0.4, -0.2) is 20.5 Å². The van der Waals surface area contributed by atoms with E-state index >= 15 is 0 Å². The van der Waals surface area contributed by atoms with Crippen molar-refractivity contribution in [2.75, 3.05) is 5.32 Å². The van der Waals surface area contributed by atoms with Crippen LogP contribution in [0.2, 0.25) is 5.02 Å². The van der Waals surface area contributed by atoms with E-state index in [-0.39, 0.29) is 23.7 Å². The number of hydrogen-bond donors (Lipinski definition) is 1. The molecule has 5 rings (SSSR count). The second-order valence-electron chi connectivity index (χ2n) is 6.54. The van der Waals surface area contributed by atoms with Gasteiger partial charge in [0.25, 0.3) is 0 Å². The smallest absolute Gasteiger partial charge is 0.226 e. The average molecular weight is 367 g/mol. The summed E-state index contributed by atoms with van der Waals surface area (Å²) < 4.78 is 7.28. The predicted octanol–water partition coefficient (Wildman–Crippen LogP) is 3.80. The van der Waals surface area contributed by atoms with Crippen LogP contribution < -0.4 is 5.32 Å². The molecule has 1 aromatic carbocycles. The van der Waals surface area contributed by atoms with Crippen LogP contribution >= 0.6 is 11.6 Å². The second kappa shape index (κ2) is 5.85. The highest BCUT2D eigenvalue weighted by molar-refractivity contribution is 6.30. The van der Waals surface area contributed by atoms with E-state index < -0.39 is 0 Å². The fourth-order valence-electron chi connectivity index (χ4n) is 3.85. The summed E-state index contributed by atoms with van der Waals surface area (Å²) in [5.74, 6) is 1.16. The molecular formula is C19H15ClN4O2. The van der Waals surface area contributed by atoms with Crippen LogP contribution in [0.5, 0.6) is 0 Å². The normalized spacial score (nSPS) is 24.4. The van der Waals surface area contributed by atoms with E-state index in [2.05, 4.69) is 21.5 Å². The van der Waals surface area contributed by atoms with E-state index in [0.717, 1.165) is 17.0 Å². The van der Waals surface area contributed by atoms with Crippen LogP contribution in [0.15, 0.2) is 65.2 Å². The van der Waals surface area contributed by atoms with Gasteiger partial charge in [-0.15, -0.1) is 0 Å². The maximum absolute atomic E-state index is 13.1. The number of anilines is 1. The number of furan rings is 1. The van der Waals surface area contributed by atoms with E-state index in [1.165, 1.54) is 6.33 Å². The quantitative estimate of drug-likeness (QED) is 0.746. The van der Waals surface area contributed by atoms with E-state index in [0.29, 0.717) is 17.4 Å². The molecule has 3 atom stereocenters. The third kappa shape index (κ3) is 2.37. The molecule has 1 N–H and O–H groups in total. The van der Waals surface area contributed by atoms with Gasteiger partial charge in [0.2, 0.25) is 5.95 Å². The van der Waals surface area contributed by atoms with Crippen molar-refractivity contribution in [3.8, 4) is 0 Å². The van der Waals surface area contributed by atoms with Gasteiger partial charge in [-0.1, -0.05) is 29.8 Å². The molecule has 2 aromatic heterocycles. The minimum atomic E-state index is -0.336. The zero-order chi connectivity index (χ0) is 17.7. The molecule has 1 aliphatic heterocycles. The number of Topliss-reactive ketones (excluding diaryl/α,β-unsaturated/α-hetero) is 1. The summed E-state index contributed by atoms with van der Waals surface area (Å²) in [5.41, 5.74) is 1.83. The van der Waals surface area contributed by atoms with Crippen LogP contribution in [0.25, 0.3) is 0 Å². The van der Waals surface area contributed by atoms with Crippen LogP contribution in [0, 0.1) is 5.92 Å². The fraction of sp³-hybridized carbons (Fsp3) is 0.211. The average Bonchev–Trinajstić information content (AvgIpc) is 3.32. The number of nitrogens with zero attached hydrogens (tertiary/aromatic N) is 3. The largest absolute Gasteiger partial charge is 0.469 e. The Labute approximate surface area is 154 Å². The van der Waals surface area contributed by atoms with Crippen molar-refractivity contribution in [3.05, 3.63) is 77.1 Å².